The number of para-hydroxylation sites is 1. The number of carbonyl (C=O) groups excluding carboxylic acids is 1. The van der Waals surface area contributed by atoms with Crippen LogP contribution < -0.4 is 19.5 Å². The second kappa shape index (κ2) is 8.46. The normalized spacial score (nSPS) is 12.8. The van der Waals surface area contributed by atoms with E-state index in [1.165, 1.54) is 12.1 Å². The summed E-state index contributed by atoms with van der Waals surface area (Å²) in [6.07, 6.45) is 0.159. The number of ether oxygens (including phenoxy) is 2. The lowest BCUT2D eigenvalue weighted by Gasteiger charge is -2.18. The lowest BCUT2D eigenvalue weighted by molar-refractivity contribution is -0.115. The van der Waals surface area contributed by atoms with Crippen molar-refractivity contribution in [3.8, 4) is 11.5 Å². The molecule has 0 atom stereocenters. The summed E-state index contributed by atoms with van der Waals surface area (Å²) in [7, 11) is -3.70. The Labute approximate surface area is 174 Å². The zero-order valence-electron chi connectivity index (χ0n) is 16.0. The first-order valence-electron chi connectivity index (χ1n) is 9.36. The summed E-state index contributed by atoms with van der Waals surface area (Å²) < 4.78 is 38.5. The van der Waals surface area contributed by atoms with Gasteiger partial charge in [0.15, 0.2) is 11.5 Å². The third-order valence-electron chi connectivity index (χ3n) is 4.45. The molecule has 0 fully saturated rings. The fourth-order valence-electron chi connectivity index (χ4n) is 3.03. The summed E-state index contributed by atoms with van der Waals surface area (Å²) in [5, 5.41) is 2.77. The second-order valence-corrected chi connectivity index (χ2v) is 8.38. The molecule has 0 spiro atoms. The van der Waals surface area contributed by atoms with Crippen LogP contribution >= 0.6 is 0 Å². The number of benzene rings is 3. The average Bonchev–Trinajstić information content (AvgIpc) is 2.74. The Hall–Kier alpha value is -3.52. The van der Waals surface area contributed by atoms with Crippen LogP contribution in [0.5, 0.6) is 11.5 Å². The van der Waals surface area contributed by atoms with Crippen LogP contribution in [0.15, 0.2) is 77.7 Å². The standard InChI is InChI=1S/C22H20N2O5S/c25-22(15-16-6-11-20-21(14-16)29-13-12-28-20)23-17-7-9-19(10-8-17)30(26,27)24-18-4-2-1-3-5-18/h1-11,14,24H,12-13,15H2,(H,23,25). The minimum Gasteiger partial charge on any atom is -0.486 e. The molecule has 4 rings (SSSR count). The van der Waals surface area contributed by atoms with Crippen molar-refractivity contribution in [1.29, 1.82) is 0 Å². The van der Waals surface area contributed by atoms with Gasteiger partial charge in [-0.15, -0.1) is 0 Å². The third kappa shape index (κ3) is 4.72. The Morgan fingerprint density at radius 3 is 2.27 bits per heavy atom. The lowest BCUT2D eigenvalue weighted by Crippen LogP contribution is -2.17. The predicted molar refractivity (Wildman–Crippen MR) is 113 cm³/mol. The van der Waals surface area contributed by atoms with Crippen molar-refractivity contribution in [2.75, 3.05) is 23.3 Å². The zero-order valence-corrected chi connectivity index (χ0v) is 16.8. The molecule has 0 saturated heterocycles. The molecule has 0 aromatic heterocycles. The quantitative estimate of drug-likeness (QED) is 0.632. The Kier molecular flexibility index (Phi) is 5.58. The molecule has 3 aromatic carbocycles. The number of fused-ring (bicyclic) bond motifs is 1. The van der Waals surface area contributed by atoms with Crippen molar-refractivity contribution >= 4 is 27.3 Å². The monoisotopic (exact) mass is 424 g/mol. The van der Waals surface area contributed by atoms with Gasteiger partial charge in [-0.05, 0) is 54.1 Å². The molecular formula is C22H20N2O5S. The number of nitrogens with one attached hydrogen (secondary N) is 2. The smallest absolute Gasteiger partial charge is 0.261 e. The molecule has 0 unspecified atom stereocenters. The van der Waals surface area contributed by atoms with Crippen LogP contribution in [-0.4, -0.2) is 27.5 Å². The molecule has 1 amide bonds. The van der Waals surface area contributed by atoms with Crippen LogP contribution in [0.3, 0.4) is 0 Å². The van der Waals surface area contributed by atoms with Crippen molar-refractivity contribution < 1.29 is 22.7 Å². The summed E-state index contributed by atoms with van der Waals surface area (Å²) in [6, 6.07) is 20.1. The molecule has 3 aromatic rings. The van der Waals surface area contributed by atoms with Gasteiger partial charge in [0.1, 0.15) is 13.2 Å². The molecule has 0 saturated carbocycles. The molecule has 0 bridgehead atoms. The van der Waals surface area contributed by atoms with E-state index in [2.05, 4.69) is 10.0 Å². The van der Waals surface area contributed by atoms with E-state index >= 15 is 0 Å². The highest BCUT2D eigenvalue weighted by molar-refractivity contribution is 7.92. The van der Waals surface area contributed by atoms with Crippen molar-refractivity contribution in [2.24, 2.45) is 0 Å². The predicted octanol–water partition coefficient (Wildman–Crippen LogP) is 3.44. The van der Waals surface area contributed by atoms with Crippen LogP contribution in [-0.2, 0) is 21.2 Å². The highest BCUT2D eigenvalue weighted by Gasteiger charge is 2.15. The third-order valence-corrected chi connectivity index (χ3v) is 5.84. The SMILES string of the molecule is O=C(Cc1ccc2c(c1)OCCO2)Nc1ccc(S(=O)(=O)Nc2ccccc2)cc1. The number of rotatable bonds is 6. The fraction of sp³-hybridized carbons (Fsp3) is 0.136. The summed E-state index contributed by atoms with van der Waals surface area (Å²) in [6.45, 7) is 0.996. The van der Waals surface area contributed by atoms with Crippen LogP contribution in [0.2, 0.25) is 0 Å². The molecule has 1 aliphatic rings. The van der Waals surface area contributed by atoms with Gasteiger partial charge in [-0.3, -0.25) is 9.52 Å². The number of carbonyl (C=O) groups is 1. The summed E-state index contributed by atoms with van der Waals surface area (Å²) in [5.41, 5.74) is 1.79. The van der Waals surface area contributed by atoms with Gasteiger partial charge < -0.3 is 14.8 Å². The van der Waals surface area contributed by atoms with E-state index in [4.69, 9.17) is 9.47 Å². The Morgan fingerprint density at radius 2 is 1.53 bits per heavy atom. The molecule has 7 nitrogen and oxygen atoms in total. The van der Waals surface area contributed by atoms with E-state index in [9.17, 15) is 13.2 Å². The molecule has 0 aliphatic carbocycles. The van der Waals surface area contributed by atoms with E-state index in [0.717, 1.165) is 5.56 Å². The van der Waals surface area contributed by atoms with Gasteiger partial charge in [0.25, 0.3) is 10.0 Å². The highest BCUT2D eigenvalue weighted by atomic mass is 32.2. The van der Waals surface area contributed by atoms with Gasteiger partial charge >= 0.3 is 0 Å². The number of sulfonamides is 1. The first kappa shape index (κ1) is 19.8. The van der Waals surface area contributed by atoms with Gasteiger partial charge in [0, 0.05) is 11.4 Å². The Bertz CT molecular complexity index is 1150. The number of amides is 1. The topological polar surface area (TPSA) is 93.7 Å². The van der Waals surface area contributed by atoms with Crippen molar-refractivity contribution in [2.45, 2.75) is 11.3 Å². The van der Waals surface area contributed by atoms with E-state index in [1.807, 2.05) is 6.07 Å². The highest BCUT2D eigenvalue weighted by Crippen LogP contribution is 2.31. The lowest BCUT2D eigenvalue weighted by atomic mass is 10.1. The minimum absolute atomic E-state index is 0.108. The first-order valence-corrected chi connectivity index (χ1v) is 10.8. The number of hydrogen-bond donors (Lipinski definition) is 2. The average molecular weight is 424 g/mol. The van der Waals surface area contributed by atoms with Gasteiger partial charge in [-0.2, -0.15) is 0 Å². The Morgan fingerprint density at radius 1 is 0.833 bits per heavy atom. The first-order chi connectivity index (χ1) is 14.5. The molecule has 1 aliphatic heterocycles. The van der Waals surface area contributed by atoms with E-state index in [0.29, 0.717) is 36.1 Å². The van der Waals surface area contributed by atoms with Crippen LogP contribution in [0.4, 0.5) is 11.4 Å². The van der Waals surface area contributed by atoms with E-state index in [-0.39, 0.29) is 17.2 Å². The van der Waals surface area contributed by atoms with E-state index < -0.39 is 10.0 Å². The molecule has 154 valence electrons. The summed E-state index contributed by atoms with van der Waals surface area (Å²) in [4.78, 5) is 12.5. The molecule has 2 N–H and O–H groups in total. The van der Waals surface area contributed by atoms with Gasteiger partial charge in [0.05, 0.1) is 11.3 Å². The van der Waals surface area contributed by atoms with Crippen LogP contribution in [0, 0.1) is 0 Å². The number of hydrogen-bond acceptors (Lipinski definition) is 5. The minimum atomic E-state index is -3.70. The maximum absolute atomic E-state index is 12.5. The Balaban J connectivity index is 1.39. The van der Waals surface area contributed by atoms with Gasteiger partial charge in [-0.25, -0.2) is 8.42 Å². The van der Waals surface area contributed by atoms with Crippen molar-refractivity contribution in [3.63, 3.8) is 0 Å². The maximum Gasteiger partial charge on any atom is 0.261 e. The zero-order chi connectivity index (χ0) is 21.0. The summed E-state index contributed by atoms with van der Waals surface area (Å²) in [5.74, 6) is 1.09. The fourth-order valence-corrected chi connectivity index (χ4v) is 4.08. The number of anilines is 2. The second-order valence-electron chi connectivity index (χ2n) is 6.70. The van der Waals surface area contributed by atoms with Gasteiger partial charge in [0.2, 0.25) is 5.91 Å². The van der Waals surface area contributed by atoms with Crippen LogP contribution in [0.1, 0.15) is 5.56 Å². The molecular weight excluding hydrogens is 404 g/mol. The molecule has 8 heteroatoms. The van der Waals surface area contributed by atoms with E-state index in [1.54, 1.807) is 54.6 Å². The van der Waals surface area contributed by atoms with Crippen LogP contribution in [0.25, 0.3) is 0 Å². The molecule has 1 heterocycles. The van der Waals surface area contributed by atoms with Crippen molar-refractivity contribution in [3.05, 3.63) is 78.4 Å². The van der Waals surface area contributed by atoms with Gasteiger partial charge in [-0.1, -0.05) is 24.3 Å². The van der Waals surface area contributed by atoms with Crippen molar-refractivity contribution in [1.82, 2.24) is 0 Å². The summed E-state index contributed by atoms with van der Waals surface area (Å²) >= 11 is 0. The largest absolute Gasteiger partial charge is 0.486 e. The molecule has 30 heavy (non-hydrogen) atoms. The maximum atomic E-state index is 12.5. The molecule has 0 radical (unpaired) electrons.